The van der Waals surface area contributed by atoms with Crippen LogP contribution in [0.15, 0.2) is 28.8 Å². The molecule has 1 atom stereocenters. The maximum atomic E-state index is 12.2. The predicted octanol–water partition coefficient (Wildman–Crippen LogP) is 0.135. The van der Waals surface area contributed by atoms with Gasteiger partial charge in [-0.05, 0) is 19.1 Å². The predicted molar refractivity (Wildman–Crippen MR) is 81.8 cm³/mol. The van der Waals surface area contributed by atoms with Crippen LogP contribution in [0.25, 0.3) is 0 Å². The van der Waals surface area contributed by atoms with E-state index in [0.29, 0.717) is 17.1 Å². The van der Waals surface area contributed by atoms with E-state index in [0.717, 1.165) is 0 Å². The summed E-state index contributed by atoms with van der Waals surface area (Å²) in [4.78, 5) is 40.3. The number of carbonyl (C=O) groups is 3. The van der Waals surface area contributed by atoms with Crippen LogP contribution in [-0.2, 0) is 16.1 Å². The highest BCUT2D eigenvalue weighted by Crippen LogP contribution is 2.18. The Bertz CT molecular complexity index is 801. The Morgan fingerprint density at radius 2 is 2.12 bits per heavy atom. The van der Waals surface area contributed by atoms with E-state index in [1.807, 2.05) is 0 Å². The third kappa shape index (κ3) is 3.40. The lowest BCUT2D eigenvalue weighted by Gasteiger charge is -2.13. The number of nitrogens with zero attached hydrogens (tertiary/aromatic N) is 2. The van der Waals surface area contributed by atoms with Crippen molar-refractivity contribution in [2.75, 3.05) is 5.32 Å². The van der Waals surface area contributed by atoms with Crippen LogP contribution in [0.2, 0.25) is 0 Å². The molecule has 1 aliphatic heterocycles. The Morgan fingerprint density at radius 3 is 2.88 bits per heavy atom. The molecule has 0 bridgehead atoms. The van der Waals surface area contributed by atoms with Gasteiger partial charge in [0.15, 0.2) is 5.82 Å². The number of aryl methyl sites for hydroxylation is 1. The molecule has 3 amide bonds. The first-order chi connectivity index (χ1) is 11.5. The molecule has 1 aliphatic rings. The third-order valence-corrected chi connectivity index (χ3v) is 3.45. The summed E-state index contributed by atoms with van der Waals surface area (Å²) in [5.41, 5.74) is 0.777. The highest BCUT2D eigenvalue weighted by atomic mass is 16.5. The summed E-state index contributed by atoms with van der Waals surface area (Å²) in [6.07, 6.45) is -0.196. The normalized spacial score (nSPS) is 16.6. The van der Waals surface area contributed by atoms with Crippen LogP contribution >= 0.6 is 0 Å². The van der Waals surface area contributed by atoms with Gasteiger partial charge in [0.25, 0.3) is 5.91 Å². The summed E-state index contributed by atoms with van der Waals surface area (Å²) < 4.78 is 4.88. The monoisotopic (exact) mass is 329 g/mol. The van der Waals surface area contributed by atoms with Crippen molar-refractivity contribution in [1.29, 1.82) is 0 Å². The lowest BCUT2D eigenvalue weighted by molar-refractivity contribution is -0.125. The standard InChI is InChI=1S/C15H15N5O4/c1-8-17-13(24-20-8)7-16-12(21)6-11-15(23)18-10-5-3-2-4-9(10)14(22)19-11/h2-5,11H,6-7H2,1H3,(H,16,21)(H,18,23)(H,19,22). The molecule has 0 radical (unpaired) electrons. The van der Waals surface area contributed by atoms with E-state index < -0.39 is 23.8 Å². The Morgan fingerprint density at radius 1 is 1.33 bits per heavy atom. The van der Waals surface area contributed by atoms with Crippen molar-refractivity contribution < 1.29 is 18.9 Å². The van der Waals surface area contributed by atoms with Gasteiger partial charge in [0.05, 0.1) is 24.2 Å². The fourth-order valence-electron chi connectivity index (χ4n) is 2.30. The van der Waals surface area contributed by atoms with Gasteiger partial charge in [0, 0.05) is 0 Å². The minimum absolute atomic E-state index is 0.0577. The molecule has 0 saturated heterocycles. The maximum Gasteiger partial charge on any atom is 0.254 e. The van der Waals surface area contributed by atoms with Gasteiger partial charge in [0.2, 0.25) is 17.7 Å². The molecule has 9 nitrogen and oxygen atoms in total. The molecule has 2 aromatic rings. The molecule has 124 valence electrons. The Labute approximate surface area is 136 Å². The van der Waals surface area contributed by atoms with E-state index >= 15 is 0 Å². The summed E-state index contributed by atoms with van der Waals surface area (Å²) >= 11 is 0. The van der Waals surface area contributed by atoms with Gasteiger partial charge >= 0.3 is 0 Å². The second-order valence-electron chi connectivity index (χ2n) is 5.28. The van der Waals surface area contributed by atoms with E-state index in [-0.39, 0.29) is 18.9 Å². The van der Waals surface area contributed by atoms with Crippen molar-refractivity contribution in [3.63, 3.8) is 0 Å². The maximum absolute atomic E-state index is 12.2. The second-order valence-corrected chi connectivity index (χ2v) is 5.28. The lowest BCUT2D eigenvalue weighted by atomic mass is 10.1. The number of fused-ring (bicyclic) bond motifs is 1. The number of para-hydroxylation sites is 1. The molecule has 9 heteroatoms. The van der Waals surface area contributed by atoms with E-state index in [9.17, 15) is 14.4 Å². The smallest absolute Gasteiger partial charge is 0.254 e. The fourth-order valence-corrected chi connectivity index (χ4v) is 2.30. The molecule has 1 aromatic heterocycles. The zero-order valence-electron chi connectivity index (χ0n) is 12.8. The van der Waals surface area contributed by atoms with Crippen LogP contribution < -0.4 is 16.0 Å². The molecule has 3 rings (SSSR count). The molecule has 0 spiro atoms. The van der Waals surface area contributed by atoms with E-state index in [2.05, 4.69) is 26.1 Å². The molecule has 0 aliphatic carbocycles. The van der Waals surface area contributed by atoms with Crippen molar-refractivity contribution in [3.05, 3.63) is 41.5 Å². The van der Waals surface area contributed by atoms with Crippen molar-refractivity contribution in [1.82, 2.24) is 20.8 Å². The molecule has 1 unspecified atom stereocenters. The molecule has 24 heavy (non-hydrogen) atoms. The zero-order chi connectivity index (χ0) is 17.1. The van der Waals surface area contributed by atoms with E-state index in [1.165, 1.54) is 0 Å². The van der Waals surface area contributed by atoms with Crippen LogP contribution in [0, 0.1) is 6.92 Å². The largest absolute Gasteiger partial charge is 0.347 e. The highest BCUT2D eigenvalue weighted by molar-refractivity contribution is 6.10. The van der Waals surface area contributed by atoms with E-state index in [1.54, 1.807) is 31.2 Å². The number of amides is 3. The summed E-state index contributed by atoms with van der Waals surface area (Å²) in [5.74, 6) is -0.543. The number of nitrogens with one attached hydrogen (secondary N) is 3. The molecule has 3 N–H and O–H groups in total. The third-order valence-electron chi connectivity index (χ3n) is 3.45. The lowest BCUT2D eigenvalue weighted by Crippen LogP contribution is -2.44. The number of aromatic nitrogens is 2. The number of carbonyl (C=O) groups excluding carboxylic acids is 3. The van der Waals surface area contributed by atoms with Gasteiger partial charge in [-0.2, -0.15) is 4.98 Å². The molecule has 0 saturated carbocycles. The number of rotatable bonds is 4. The minimum atomic E-state index is -0.964. The molecular formula is C15H15N5O4. The summed E-state index contributed by atoms with van der Waals surface area (Å²) in [6, 6.07) is 5.68. The van der Waals surface area contributed by atoms with E-state index in [4.69, 9.17) is 4.52 Å². The highest BCUT2D eigenvalue weighted by Gasteiger charge is 2.29. The van der Waals surface area contributed by atoms with Crippen LogP contribution in [0.5, 0.6) is 0 Å². The Balaban J connectivity index is 1.62. The summed E-state index contributed by atoms with van der Waals surface area (Å²) in [5, 5.41) is 11.4. The average Bonchev–Trinajstić information content (AvgIpc) is 2.93. The Kier molecular flexibility index (Phi) is 4.23. The van der Waals surface area contributed by atoms with Crippen LogP contribution in [-0.4, -0.2) is 33.9 Å². The average molecular weight is 329 g/mol. The number of hydrogen-bond acceptors (Lipinski definition) is 6. The van der Waals surface area contributed by atoms with Crippen molar-refractivity contribution in [2.45, 2.75) is 25.9 Å². The molecule has 0 fully saturated rings. The topological polar surface area (TPSA) is 126 Å². The number of benzene rings is 1. The van der Waals surface area contributed by atoms with Crippen molar-refractivity contribution >= 4 is 23.4 Å². The summed E-state index contributed by atoms with van der Waals surface area (Å²) in [6.45, 7) is 1.72. The first-order valence-corrected chi connectivity index (χ1v) is 7.29. The van der Waals surface area contributed by atoms with Gasteiger partial charge in [-0.15, -0.1) is 0 Å². The fraction of sp³-hybridized carbons (Fsp3) is 0.267. The van der Waals surface area contributed by atoms with Gasteiger partial charge in [-0.3, -0.25) is 14.4 Å². The SMILES string of the molecule is Cc1noc(CNC(=O)CC2NC(=O)c3ccccc3NC2=O)n1. The molecule has 2 heterocycles. The quantitative estimate of drug-likeness (QED) is 0.732. The first-order valence-electron chi connectivity index (χ1n) is 7.29. The van der Waals surface area contributed by atoms with Crippen LogP contribution in [0.3, 0.4) is 0 Å². The van der Waals surface area contributed by atoms with Crippen molar-refractivity contribution in [2.24, 2.45) is 0 Å². The van der Waals surface area contributed by atoms with Crippen molar-refractivity contribution in [3.8, 4) is 0 Å². The van der Waals surface area contributed by atoms with Gasteiger partial charge in [0.1, 0.15) is 6.04 Å². The van der Waals surface area contributed by atoms with Gasteiger partial charge < -0.3 is 20.5 Å². The number of hydrogen-bond donors (Lipinski definition) is 3. The Hall–Kier alpha value is -3.23. The minimum Gasteiger partial charge on any atom is -0.347 e. The summed E-state index contributed by atoms with van der Waals surface area (Å²) in [7, 11) is 0. The zero-order valence-corrected chi connectivity index (χ0v) is 12.8. The molecule has 1 aromatic carbocycles. The second kappa shape index (κ2) is 6.49. The van der Waals surface area contributed by atoms with Crippen LogP contribution in [0.1, 0.15) is 28.5 Å². The van der Waals surface area contributed by atoms with Crippen LogP contribution in [0.4, 0.5) is 5.69 Å². The van der Waals surface area contributed by atoms with Gasteiger partial charge in [-0.25, -0.2) is 0 Å². The number of anilines is 1. The first kappa shape index (κ1) is 15.7. The molecular weight excluding hydrogens is 314 g/mol. The van der Waals surface area contributed by atoms with Gasteiger partial charge in [-0.1, -0.05) is 17.3 Å².